The highest BCUT2D eigenvalue weighted by atomic mass is 19.1. The molecule has 0 saturated heterocycles. The van der Waals surface area contributed by atoms with Gasteiger partial charge in [0.2, 0.25) is 0 Å². The molecule has 3 aromatic carbocycles. The van der Waals surface area contributed by atoms with Crippen molar-refractivity contribution in [2.24, 2.45) is 0 Å². The quantitative estimate of drug-likeness (QED) is 0.165. The summed E-state index contributed by atoms with van der Waals surface area (Å²) in [6.45, 7) is 11.3. The number of halogens is 1. The molecule has 0 radical (unpaired) electrons. The van der Waals surface area contributed by atoms with Crippen molar-refractivity contribution < 1.29 is 47.2 Å². The highest BCUT2D eigenvalue weighted by molar-refractivity contribution is 5.92. The Morgan fingerprint density at radius 3 is 1.66 bits per heavy atom. The van der Waals surface area contributed by atoms with Crippen LogP contribution < -0.4 is 28.4 Å². The first-order valence-corrected chi connectivity index (χ1v) is 12.1. The number of carbonyl (C=O) groups excluding carboxylic acids is 3. The lowest BCUT2D eigenvalue weighted by Crippen LogP contribution is -2.13. The Bertz CT molecular complexity index is 1560. The molecule has 214 valence electrons. The number of ether oxygens (including phenoxy) is 6. The van der Waals surface area contributed by atoms with E-state index < -0.39 is 23.7 Å². The van der Waals surface area contributed by atoms with E-state index in [0.717, 1.165) is 0 Å². The van der Waals surface area contributed by atoms with Crippen LogP contribution in [-0.2, 0) is 14.4 Å². The van der Waals surface area contributed by atoms with E-state index in [1.54, 1.807) is 18.2 Å². The minimum atomic E-state index is -0.784. The number of rotatable bonds is 10. The highest BCUT2D eigenvalue weighted by Crippen LogP contribution is 2.46. The van der Waals surface area contributed by atoms with E-state index in [2.05, 4.69) is 13.2 Å². The molecule has 0 atom stereocenters. The van der Waals surface area contributed by atoms with Gasteiger partial charge in [0, 0.05) is 23.6 Å². The van der Waals surface area contributed by atoms with Crippen molar-refractivity contribution in [1.29, 1.82) is 0 Å². The molecule has 9 nitrogen and oxygen atoms in total. The highest BCUT2D eigenvalue weighted by Gasteiger charge is 2.25. The summed E-state index contributed by atoms with van der Waals surface area (Å²) in [7, 11) is 4.08. The maximum absolute atomic E-state index is 16.2. The second-order valence-electron chi connectivity index (χ2n) is 8.81. The van der Waals surface area contributed by atoms with Crippen LogP contribution in [0.4, 0.5) is 4.39 Å². The van der Waals surface area contributed by atoms with Crippen LogP contribution in [-0.4, -0.2) is 39.2 Å². The Morgan fingerprint density at radius 2 is 1.15 bits per heavy atom. The molecule has 10 heteroatoms. The lowest BCUT2D eigenvalue weighted by molar-refractivity contribution is -0.132. The predicted molar refractivity (Wildman–Crippen MR) is 149 cm³/mol. The fourth-order valence-corrected chi connectivity index (χ4v) is 3.73. The van der Waals surface area contributed by atoms with E-state index in [1.165, 1.54) is 66.4 Å². The van der Waals surface area contributed by atoms with E-state index in [9.17, 15) is 14.4 Å². The maximum Gasteiger partial charge on any atom is 0.338 e. The van der Waals surface area contributed by atoms with Crippen LogP contribution >= 0.6 is 0 Å². The molecule has 0 aliphatic carbocycles. The molecule has 0 aliphatic rings. The van der Waals surface area contributed by atoms with Crippen LogP contribution in [0.5, 0.6) is 34.5 Å². The van der Waals surface area contributed by atoms with E-state index in [0.29, 0.717) is 11.1 Å². The minimum absolute atomic E-state index is 0.0120. The summed E-state index contributed by atoms with van der Waals surface area (Å²) in [5.74, 6) is -2.64. The minimum Gasteiger partial charge on any atom is -0.496 e. The molecular weight excluding hydrogens is 535 g/mol. The Morgan fingerprint density at radius 1 is 0.634 bits per heavy atom. The summed E-state index contributed by atoms with van der Waals surface area (Å²) in [6, 6.07) is 10.4. The van der Waals surface area contributed by atoms with Gasteiger partial charge in [0.15, 0.2) is 34.6 Å². The van der Waals surface area contributed by atoms with Gasteiger partial charge in [-0.2, -0.15) is 0 Å². The van der Waals surface area contributed by atoms with E-state index in [-0.39, 0.29) is 56.8 Å². The molecular formula is C31H29FO9. The number of carbonyl (C=O) groups is 3. The summed E-state index contributed by atoms with van der Waals surface area (Å²) >= 11 is 0. The van der Waals surface area contributed by atoms with E-state index in [1.807, 2.05) is 0 Å². The zero-order valence-electron chi connectivity index (χ0n) is 23.5. The second-order valence-corrected chi connectivity index (χ2v) is 8.81. The lowest BCUT2D eigenvalue weighted by atomic mass is 9.96. The van der Waals surface area contributed by atoms with Crippen LogP contribution in [0.2, 0.25) is 0 Å². The molecule has 0 heterocycles. The van der Waals surface area contributed by atoms with Gasteiger partial charge in [0.1, 0.15) is 5.75 Å². The molecule has 0 saturated carbocycles. The zero-order chi connectivity index (χ0) is 30.4. The number of hydrogen-bond acceptors (Lipinski definition) is 9. The van der Waals surface area contributed by atoms with Crippen molar-refractivity contribution >= 4 is 17.9 Å². The third-order valence-electron chi connectivity index (χ3n) is 5.67. The van der Waals surface area contributed by atoms with Crippen LogP contribution in [0.1, 0.15) is 20.8 Å². The number of esters is 3. The van der Waals surface area contributed by atoms with Crippen LogP contribution in [0.3, 0.4) is 0 Å². The summed E-state index contributed by atoms with van der Waals surface area (Å²) in [5, 5.41) is 0. The van der Waals surface area contributed by atoms with Gasteiger partial charge in [-0.05, 0) is 55.3 Å². The summed E-state index contributed by atoms with van der Waals surface area (Å²) in [5.41, 5.74) is 1.23. The fraction of sp³-hybridized carbons (Fsp3) is 0.194. The normalized spacial score (nSPS) is 10.3. The largest absolute Gasteiger partial charge is 0.496 e. The third-order valence-corrected chi connectivity index (χ3v) is 5.67. The average Bonchev–Trinajstić information content (AvgIpc) is 2.93. The summed E-state index contributed by atoms with van der Waals surface area (Å²) in [6.07, 6.45) is 0. The number of benzene rings is 3. The van der Waals surface area contributed by atoms with Gasteiger partial charge in [0.25, 0.3) is 0 Å². The Kier molecular flexibility index (Phi) is 9.51. The van der Waals surface area contributed by atoms with Crippen LogP contribution in [0.25, 0.3) is 22.3 Å². The molecule has 0 amide bonds. The van der Waals surface area contributed by atoms with Gasteiger partial charge in [-0.25, -0.2) is 14.0 Å². The molecule has 0 bridgehead atoms. The molecule has 0 spiro atoms. The number of methoxy groups -OCH3 is 3. The molecule has 0 N–H and O–H groups in total. The predicted octanol–water partition coefficient (Wildman–Crippen LogP) is 6.07. The fourth-order valence-electron chi connectivity index (χ4n) is 3.73. The zero-order valence-corrected chi connectivity index (χ0v) is 23.5. The third kappa shape index (κ3) is 6.73. The number of hydrogen-bond donors (Lipinski definition) is 0. The second kappa shape index (κ2) is 12.8. The standard InChI is InChI=1S/C31H29FO9/c1-16(2)30(34)40-23-12-10-20(14-25(23)41-31(35)17(3)4)27-26(37-7)15-21(29(38-8)28(27)32)19-9-11-22(39-18(5)33)24(13-19)36-6/h9-15H,1,3H2,2,4-8H3. The monoisotopic (exact) mass is 564 g/mol. The van der Waals surface area contributed by atoms with E-state index >= 15 is 4.39 Å². The SMILES string of the molecule is C=C(C)C(=O)Oc1ccc(-c2c(OC)cc(-c3ccc(OC(C)=O)c(OC)c3)c(OC)c2F)cc1OC(=O)C(=C)C. The van der Waals surface area contributed by atoms with Crippen LogP contribution in [0.15, 0.2) is 66.8 Å². The Balaban J connectivity index is 2.21. The topological polar surface area (TPSA) is 107 Å². The smallest absolute Gasteiger partial charge is 0.338 e. The molecule has 0 aromatic heterocycles. The molecule has 0 aliphatic heterocycles. The molecule has 3 rings (SSSR count). The van der Waals surface area contributed by atoms with Gasteiger partial charge in [0.05, 0.1) is 26.9 Å². The van der Waals surface area contributed by atoms with Crippen molar-refractivity contribution in [3.05, 3.63) is 72.6 Å². The Hall–Kier alpha value is -5.12. The first-order valence-electron chi connectivity index (χ1n) is 12.1. The van der Waals surface area contributed by atoms with Gasteiger partial charge in [-0.3, -0.25) is 4.79 Å². The molecule has 0 fully saturated rings. The Labute approximate surface area is 236 Å². The summed E-state index contributed by atoms with van der Waals surface area (Å²) in [4.78, 5) is 35.9. The first-order chi connectivity index (χ1) is 19.4. The van der Waals surface area contributed by atoms with Gasteiger partial charge < -0.3 is 28.4 Å². The molecule has 0 unspecified atom stereocenters. The maximum atomic E-state index is 16.2. The van der Waals surface area contributed by atoms with Crippen molar-refractivity contribution in [3.63, 3.8) is 0 Å². The van der Waals surface area contributed by atoms with Gasteiger partial charge in [-0.15, -0.1) is 0 Å². The lowest BCUT2D eigenvalue weighted by Gasteiger charge is -2.19. The van der Waals surface area contributed by atoms with Crippen molar-refractivity contribution in [2.75, 3.05) is 21.3 Å². The van der Waals surface area contributed by atoms with E-state index in [4.69, 9.17) is 28.4 Å². The average molecular weight is 565 g/mol. The van der Waals surface area contributed by atoms with Crippen molar-refractivity contribution in [1.82, 2.24) is 0 Å². The van der Waals surface area contributed by atoms with Crippen molar-refractivity contribution in [3.8, 4) is 56.8 Å². The van der Waals surface area contributed by atoms with Crippen molar-refractivity contribution in [2.45, 2.75) is 20.8 Å². The molecule has 41 heavy (non-hydrogen) atoms. The van der Waals surface area contributed by atoms with Gasteiger partial charge in [-0.1, -0.05) is 25.3 Å². The van der Waals surface area contributed by atoms with Crippen LogP contribution in [0, 0.1) is 5.82 Å². The summed E-state index contributed by atoms with van der Waals surface area (Å²) < 4.78 is 48.4. The van der Waals surface area contributed by atoms with Gasteiger partial charge >= 0.3 is 17.9 Å². The first kappa shape index (κ1) is 30.4. The molecule has 3 aromatic rings.